The van der Waals surface area contributed by atoms with Crippen LogP contribution in [-0.4, -0.2) is 39.6 Å². The van der Waals surface area contributed by atoms with Gasteiger partial charge >= 0.3 is 0 Å². The van der Waals surface area contributed by atoms with Gasteiger partial charge in [-0.25, -0.2) is 4.68 Å². The largest absolute Gasteiger partial charge is 0.333 e. The summed E-state index contributed by atoms with van der Waals surface area (Å²) in [5.74, 6) is 0.600. The Morgan fingerprint density at radius 2 is 2.10 bits per heavy atom. The van der Waals surface area contributed by atoms with Crippen molar-refractivity contribution in [2.24, 2.45) is 0 Å². The average molecular weight is 292 g/mol. The lowest BCUT2D eigenvalue weighted by Gasteiger charge is -2.24. The number of carbonyl (C=O) groups is 2. The molecule has 6 heteroatoms. The molecular weight excluding hydrogens is 268 g/mol. The standard InChI is InChI=1S/C15H24N4O2/c1-12(2)19-13(8-9-16-19)17-14(20)11-18-10-6-4-3-5-7-15(18)21/h8-9,12H,3-7,10-11H2,1-2H3,(H,17,20). The Kier molecular flexibility index (Phi) is 5.36. The van der Waals surface area contributed by atoms with Gasteiger partial charge in [0.2, 0.25) is 11.8 Å². The van der Waals surface area contributed by atoms with E-state index in [1.807, 2.05) is 13.8 Å². The highest BCUT2D eigenvalue weighted by Gasteiger charge is 2.19. The Balaban J connectivity index is 1.93. The Morgan fingerprint density at radius 1 is 1.33 bits per heavy atom. The predicted molar refractivity (Wildman–Crippen MR) is 80.9 cm³/mol. The van der Waals surface area contributed by atoms with E-state index in [1.165, 1.54) is 0 Å². The van der Waals surface area contributed by atoms with Gasteiger partial charge < -0.3 is 10.2 Å². The zero-order valence-corrected chi connectivity index (χ0v) is 12.8. The fourth-order valence-electron chi connectivity index (χ4n) is 2.56. The van der Waals surface area contributed by atoms with Crippen LogP contribution in [0.2, 0.25) is 0 Å². The number of anilines is 1. The molecule has 1 aromatic rings. The van der Waals surface area contributed by atoms with E-state index < -0.39 is 0 Å². The van der Waals surface area contributed by atoms with Gasteiger partial charge in [0.15, 0.2) is 0 Å². The fraction of sp³-hybridized carbons (Fsp3) is 0.667. The maximum atomic E-state index is 12.2. The summed E-state index contributed by atoms with van der Waals surface area (Å²) in [6, 6.07) is 1.95. The maximum Gasteiger partial charge on any atom is 0.245 e. The summed E-state index contributed by atoms with van der Waals surface area (Å²) < 4.78 is 1.76. The molecule has 0 aliphatic carbocycles. The second-order valence-corrected chi connectivity index (χ2v) is 5.78. The molecule has 1 fully saturated rings. The summed E-state index contributed by atoms with van der Waals surface area (Å²) >= 11 is 0. The van der Waals surface area contributed by atoms with E-state index >= 15 is 0 Å². The molecule has 6 nitrogen and oxygen atoms in total. The molecule has 0 unspecified atom stereocenters. The van der Waals surface area contributed by atoms with E-state index in [0.717, 1.165) is 25.7 Å². The van der Waals surface area contributed by atoms with Crippen LogP contribution in [0.4, 0.5) is 5.82 Å². The molecule has 116 valence electrons. The zero-order valence-electron chi connectivity index (χ0n) is 12.8. The van der Waals surface area contributed by atoms with E-state index in [4.69, 9.17) is 0 Å². The van der Waals surface area contributed by atoms with Gasteiger partial charge in [0.25, 0.3) is 0 Å². The second kappa shape index (κ2) is 7.24. The number of hydrogen-bond donors (Lipinski definition) is 1. The van der Waals surface area contributed by atoms with E-state index in [2.05, 4.69) is 10.4 Å². The Bertz CT molecular complexity index is 496. The third kappa shape index (κ3) is 4.31. The van der Waals surface area contributed by atoms with Crippen molar-refractivity contribution in [2.45, 2.75) is 52.0 Å². The van der Waals surface area contributed by atoms with Gasteiger partial charge in [-0.3, -0.25) is 9.59 Å². The molecule has 0 radical (unpaired) electrons. The zero-order chi connectivity index (χ0) is 15.2. The van der Waals surface area contributed by atoms with Gasteiger partial charge in [-0.15, -0.1) is 0 Å². The molecule has 1 aromatic heterocycles. The topological polar surface area (TPSA) is 67.2 Å². The van der Waals surface area contributed by atoms with E-state index in [-0.39, 0.29) is 24.4 Å². The SMILES string of the molecule is CC(C)n1nccc1NC(=O)CN1CCCCCCC1=O. The van der Waals surface area contributed by atoms with Crippen LogP contribution in [0.1, 0.15) is 52.0 Å². The van der Waals surface area contributed by atoms with Crippen LogP contribution in [0, 0.1) is 0 Å². The van der Waals surface area contributed by atoms with Crippen LogP contribution in [0.25, 0.3) is 0 Å². The van der Waals surface area contributed by atoms with Gasteiger partial charge in [-0.05, 0) is 26.7 Å². The number of amides is 2. The minimum Gasteiger partial charge on any atom is -0.333 e. The normalized spacial score (nSPS) is 16.7. The van der Waals surface area contributed by atoms with E-state index in [0.29, 0.717) is 18.8 Å². The first-order chi connectivity index (χ1) is 10.1. The van der Waals surface area contributed by atoms with Crippen LogP contribution in [0.5, 0.6) is 0 Å². The summed E-state index contributed by atoms with van der Waals surface area (Å²) in [6.45, 7) is 4.81. The molecule has 0 bridgehead atoms. The molecular formula is C15H24N4O2. The monoisotopic (exact) mass is 292 g/mol. The van der Waals surface area contributed by atoms with Gasteiger partial charge in [0, 0.05) is 25.1 Å². The first-order valence-corrected chi connectivity index (χ1v) is 7.69. The van der Waals surface area contributed by atoms with Gasteiger partial charge in [0.1, 0.15) is 5.82 Å². The van der Waals surface area contributed by atoms with Crippen molar-refractivity contribution < 1.29 is 9.59 Å². The smallest absolute Gasteiger partial charge is 0.245 e. The van der Waals surface area contributed by atoms with E-state index in [9.17, 15) is 9.59 Å². The molecule has 1 saturated heterocycles. The minimum absolute atomic E-state index is 0.0854. The number of aromatic nitrogens is 2. The van der Waals surface area contributed by atoms with Crippen LogP contribution in [0.3, 0.4) is 0 Å². The average Bonchev–Trinajstić information content (AvgIpc) is 2.86. The summed E-state index contributed by atoms with van der Waals surface area (Å²) in [5.41, 5.74) is 0. The molecule has 2 amide bonds. The van der Waals surface area contributed by atoms with Gasteiger partial charge in [-0.2, -0.15) is 5.10 Å². The van der Waals surface area contributed by atoms with Crippen molar-refractivity contribution >= 4 is 17.6 Å². The third-order valence-electron chi connectivity index (χ3n) is 3.68. The molecule has 21 heavy (non-hydrogen) atoms. The lowest BCUT2D eigenvalue weighted by Crippen LogP contribution is -2.39. The number of likely N-dealkylation sites (tertiary alicyclic amines) is 1. The summed E-state index contributed by atoms with van der Waals surface area (Å²) in [7, 11) is 0. The number of rotatable bonds is 4. The molecule has 1 aliphatic heterocycles. The van der Waals surface area contributed by atoms with Crippen LogP contribution in [0.15, 0.2) is 12.3 Å². The van der Waals surface area contributed by atoms with Crippen molar-refractivity contribution in [1.82, 2.24) is 14.7 Å². The van der Waals surface area contributed by atoms with E-state index in [1.54, 1.807) is 21.8 Å². The number of nitrogens with zero attached hydrogens (tertiary/aromatic N) is 3. The third-order valence-corrected chi connectivity index (χ3v) is 3.68. The number of hydrogen-bond acceptors (Lipinski definition) is 3. The van der Waals surface area contributed by atoms with Crippen LogP contribution in [-0.2, 0) is 9.59 Å². The molecule has 0 atom stereocenters. The van der Waals surface area contributed by atoms with Crippen molar-refractivity contribution in [3.8, 4) is 0 Å². The molecule has 1 aliphatic rings. The van der Waals surface area contributed by atoms with Gasteiger partial charge in [-0.1, -0.05) is 12.8 Å². The highest BCUT2D eigenvalue weighted by Crippen LogP contribution is 2.14. The highest BCUT2D eigenvalue weighted by atomic mass is 16.2. The highest BCUT2D eigenvalue weighted by molar-refractivity contribution is 5.93. The minimum atomic E-state index is -0.161. The summed E-state index contributed by atoms with van der Waals surface area (Å²) in [4.78, 5) is 25.8. The van der Waals surface area contributed by atoms with Crippen molar-refractivity contribution in [3.63, 3.8) is 0 Å². The second-order valence-electron chi connectivity index (χ2n) is 5.78. The van der Waals surface area contributed by atoms with Crippen LogP contribution < -0.4 is 5.32 Å². The fourth-order valence-corrected chi connectivity index (χ4v) is 2.56. The predicted octanol–water partition coefficient (Wildman–Crippen LogP) is 2.20. The first kappa shape index (κ1) is 15.5. The molecule has 0 aromatic carbocycles. The molecule has 2 rings (SSSR count). The Morgan fingerprint density at radius 3 is 2.86 bits per heavy atom. The Hall–Kier alpha value is -1.85. The number of carbonyl (C=O) groups excluding carboxylic acids is 2. The Labute approximate surface area is 125 Å². The number of nitrogens with one attached hydrogen (secondary N) is 1. The molecule has 2 heterocycles. The molecule has 0 saturated carbocycles. The van der Waals surface area contributed by atoms with Crippen molar-refractivity contribution in [2.75, 3.05) is 18.4 Å². The molecule has 0 spiro atoms. The first-order valence-electron chi connectivity index (χ1n) is 7.69. The summed E-state index contributed by atoms with van der Waals surface area (Å²) in [5, 5.41) is 7.02. The lowest BCUT2D eigenvalue weighted by atomic mass is 10.1. The lowest BCUT2D eigenvalue weighted by molar-refractivity contribution is -0.135. The molecule has 1 N–H and O–H groups in total. The van der Waals surface area contributed by atoms with Gasteiger partial charge in [0.05, 0.1) is 12.7 Å². The van der Waals surface area contributed by atoms with Crippen LogP contribution >= 0.6 is 0 Å². The summed E-state index contributed by atoms with van der Waals surface area (Å²) in [6.07, 6.45) is 6.36. The van der Waals surface area contributed by atoms with Crippen molar-refractivity contribution in [1.29, 1.82) is 0 Å². The quantitative estimate of drug-likeness (QED) is 0.925. The van der Waals surface area contributed by atoms with Crippen molar-refractivity contribution in [3.05, 3.63) is 12.3 Å². The maximum absolute atomic E-state index is 12.2.